The van der Waals surface area contributed by atoms with Crippen molar-refractivity contribution in [3.8, 4) is 0 Å². The van der Waals surface area contributed by atoms with Crippen molar-refractivity contribution in [2.45, 2.75) is 48.3 Å². The Morgan fingerprint density at radius 1 is 1.38 bits per heavy atom. The molecule has 6 nitrogen and oxygen atoms in total. The minimum absolute atomic E-state index is 0.0688. The molecule has 9 heteroatoms. The molecule has 1 aromatic heterocycles. The van der Waals surface area contributed by atoms with Crippen LogP contribution < -0.4 is 10.5 Å². The van der Waals surface area contributed by atoms with Crippen LogP contribution >= 0.6 is 27.3 Å². The Labute approximate surface area is 136 Å². The molecule has 0 unspecified atom stereocenters. The maximum Gasteiger partial charge on any atom is 0.252 e. The summed E-state index contributed by atoms with van der Waals surface area (Å²) in [6.45, 7) is 0. The molecule has 0 saturated heterocycles. The molecule has 4 N–H and O–H groups in total. The maximum absolute atomic E-state index is 12.6. The van der Waals surface area contributed by atoms with E-state index in [-0.39, 0.29) is 10.0 Å². The van der Waals surface area contributed by atoms with Gasteiger partial charge in [-0.3, -0.25) is 0 Å². The van der Waals surface area contributed by atoms with E-state index in [0.717, 1.165) is 37.0 Å². The lowest BCUT2D eigenvalue weighted by atomic mass is 9.90. The van der Waals surface area contributed by atoms with Gasteiger partial charge >= 0.3 is 0 Å². The quantitative estimate of drug-likeness (QED) is 0.239. The molecule has 118 valence electrons. The van der Waals surface area contributed by atoms with Crippen LogP contribution in [0.15, 0.2) is 25.3 Å². The van der Waals surface area contributed by atoms with Gasteiger partial charge < -0.3 is 10.9 Å². The highest BCUT2D eigenvalue weighted by Crippen LogP contribution is 2.32. The van der Waals surface area contributed by atoms with Gasteiger partial charge in [0.1, 0.15) is 4.21 Å². The molecule has 0 aliphatic heterocycles. The molecule has 0 aromatic carbocycles. The molecule has 0 bridgehead atoms. The molecule has 0 amide bonds. The Morgan fingerprint density at radius 2 is 2.00 bits per heavy atom. The molecular weight excluding hydrogens is 378 g/mol. The van der Waals surface area contributed by atoms with E-state index in [4.69, 9.17) is 10.9 Å². The van der Waals surface area contributed by atoms with E-state index in [1.165, 1.54) is 0 Å². The van der Waals surface area contributed by atoms with Gasteiger partial charge in [0.2, 0.25) is 0 Å². The third kappa shape index (κ3) is 3.58. The molecule has 0 radical (unpaired) electrons. The van der Waals surface area contributed by atoms with Crippen LogP contribution in [-0.4, -0.2) is 25.0 Å². The molecular formula is C12H18BrN3O3S2. The zero-order chi connectivity index (χ0) is 15.5. The largest absolute Gasteiger partial charge is 0.409 e. The van der Waals surface area contributed by atoms with Crippen molar-refractivity contribution < 1.29 is 13.6 Å². The van der Waals surface area contributed by atoms with Gasteiger partial charge in [-0.2, -0.15) is 4.72 Å². The first kappa shape index (κ1) is 16.7. The van der Waals surface area contributed by atoms with Crippen LogP contribution in [0.1, 0.15) is 38.5 Å². The molecule has 0 spiro atoms. The smallest absolute Gasteiger partial charge is 0.252 e. The molecule has 1 aliphatic carbocycles. The summed E-state index contributed by atoms with van der Waals surface area (Å²) in [5.74, 6) is -0.0688. The average molecular weight is 396 g/mol. The Hall–Kier alpha value is -0.640. The lowest BCUT2D eigenvalue weighted by Crippen LogP contribution is -2.57. The lowest BCUT2D eigenvalue weighted by molar-refractivity contribution is 0.306. The van der Waals surface area contributed by atoms with E-state index in [1.54, 1.807) is 11.4 Å². The maximum atomic E-state index is 12.6. The van der Waals surface area contributed by atoms with Crippen LogP contribution in [0.3, 0.4) is 0 Å². The summed E-state index contributed by atoms with van der Waals surface area (Å²) in [6, 6.07) is 1.68. The van der Waals surface area contributed by atoms with Gasteiger partial charge in [0.05, 0.1) is 5.54 Å². The lowest BCUT2D eigenvalue weighted by Gasteiger charge is -2.31. The Kier molecular flexibility index (Phi) is 5.29. The van der Waals surface area contributed by atoms with E-state index >= 15 is 0 Å². The highest BCUT2D eigenvalue weighted by atomic mass is 79.9. The normalized spacial score (nSPS) is 20.1. The second-order valence-corrected chi connectivity index (χ2v) is 8.79. The predicted molar refractivity (Wildman–Crippen MR) is 86.2 cm³/mol. The van der Waals surface area contributed by atoms with Gasteiger partial charge in [-0.05, 0) is 40.2 Å². The van der Waals surface area contributed by atoms with Crippen molar-refractivity contribution in [3.05, 3.63) is 15.9 Å². The van der Waals surface area contributed by atoms with Gasteiger partial charge in [-0.1, -0.05) is 30.8 Å². The van der Waals surface area contributed by atoms with Crippen molar-refractivity contribution in [3.63, 3.8) is 0 Å². The average Bonchev–Trinajstić information content (AvgIpc) is 2.74. The third-order valence-corrected chi connectivity index (χ3v) is 7.92. The molecule has 1 heterocycles. The minimum Gasteiger partial charge on any atom is -0.409 e. The number of oxime groups is 1. The summed E-state index contributed by atoms with van der Waals surface area (Å²) in [5.41, 5.74) is 4.81. The first-order chi connectivity index (χ1) is 9.91. The highest BCUT2D eigenvalue weighted by Gasteiger charge is 2.40. The first-order valence-electron chi connectivity index (χ1n) is 6.66. The molecule has 21 heavy (non-hydrogen) atoms. The number of nitrogens with zero attached hydrogens (tertiary/aromatic N) is 1. The number of hydrogen-bond donors (Lipinski definition) is 3. The summed E-state index contributed by atoms with van der Waals surface area (Å²) >= 11 is 4.36. The predicted octanol–water partition coefficient (Wildman–Crippen LogP) is 2.63. The van der Waals surface area contributed by atoms with Gasteiger partial charge in [0, 0.05) is 4.47 Å². The number of halogens is 1. The second-order valence-electron chi connectivity index (χ2n) is 5.14. The van der Waals surface area contributed by atoms with E-state index in [2.05, 4.69) is 25.8 Å². The number of thiophene rings is 1. The van der Waals surface area contributed by atoms with Gasteiger partial charge in [0.15, 0.2) is 5.84 Å². The highest BCUT2D eigenvalue weighted by molar-refractivity contribution is 9.10. The summed E-state index contributed by atoms with van der Waals surface area (Å²) in [4.78, 5) is 0. The molecule has 2 rings (SSSR count). The number of sulfonamides is 1. The number of nitrogens with one attached hydrogen (secondary N) is 1. The van der Waals surface area contributed by atoms with Crippen LogP contribution in [0.5, 0.6) is 0 Å². The van der Waals surface area contributed by atoms with Crippen LogP contribution in [-0.2, 0) is 10.0 Å². The van der Waals surface area contributed by atoms with Crippen LogP contribution in [0.25, 0.3) is 0 Å². The fourth-order valence-corrected chi connectivity index (χ4v) is 6.39. The number of amidine groups is 1. The van der Waals surface area contributed by atoms with Gasteiger partial charge in [-0.15, -0.1) is 11.3 Å². The zero-order valence-electron chi connectivity index (χ0n) is 11.4. The van der Waals surface area contributed by atoms with Gasteiger partial charge in [0.25, 0.3) is 10.0 Å². The number of hydrogen-bond acceptors (Lipinski definition) is 5. The van der Waals surface area contributed by atoms with Gasteiger partial charge in [-0.25, -0.2) is 8.42 Å². The van der Waals surface area contributed by atoms with E-state index < -0.39 is 15.6 Å². The van der Waals surface area contributed by atoms with E-state index in [0.29, 0.717) is 17.3 Å². The van der Waals surface area contributed by atoms with Crippen molar-refractivity contribution in [2.75, 3.05) is 0 Å². The molecule has 1 fully saturated rings. The summed E-state index contributed by atoms with van der Waals surface area (Å²) in [5, 5.41) is 13.8. The van der Waals surface area contributed by atoms with Crippen LogP contribution in [0, 0.1) is 0 Å². The molecule has 1 aromatic rings. The summed E-state index contributed by atoms with van der Waals surface area (Å²) in [6.07, 6.45) is 4.78. The Morgan fingerprint density at radius 3 is 2.48 bits per heavy atom. The fraction of sp³-hybridized carbons (Fsp3) is 0.583. The standard InChI is InChI=1S/C12H18BrN3O3S2/c13-9-5-8-20-10(9)21(18,19)16-12(11(14)15-17)6-3-1-2-4-7-12/h5,8,16-17H,1-4,6-7H2,(H2,14,15). The summed E-state index contributed by atoms with van der Waals surface area (Å²) in [7, 11) is -3.73. The van der Waals surface area contributed by atoms with E-state index in [9.17, 15) is 8.42 Å². The topological polar surface area (TPSA) is 105 Å². The van der Waals surface area contributed by atoms with Crippen molar-refractivity contribution in [1.82, 2.24) is 4.72 Å². The minimum atomic E-state index is -3.73. The molecule has 1 aliphatic rings. The van der Waals surface area contributed by atoms with Crippen molar-refractivity contribution in [1.29, 1.82) is 0 Å². The molecule has 0 atom stereocenters. The third-order valence-electron chi connectivity index (χ3n) is 3.71. The Balaban J connectivity index is 2.37. The SMILES string of the molecule is NC(=NO)C1(NS(=O)(=O)c2sccc2Br)CCCCCC1. The monoisotopic (exact) mass is 395 g/mol. The Bertz CT molecular complexity index is 619. The second kappa shape index (κ2) is 6.64. The molecule has 1 saturated carbocycles. The fourth-order valence-electron chi connectivity index (χ4n) is 2.61. The van der Waals surface area contributed by atoms with Crippen LogP contribution in [0.2, 0.25) is 0 Å². The summed E-state index contributed by atoms with van der Waals surface area (Å²) < 4.78 is 28.6. The van der Waals surface area contributed by atoms with Crippen LogP contribution in [0.4, 0.5) is 0 Å². The van der Waals surface area contributed by atoms with Crippen molar-refractivity contribution >= 4 is 43.1 Å². The number of rotatable bonds is 4. The zero-order valence-corrected chi connectivity index (χ0v) is 14.6. The first-order valence-corrected chi connectivity index (χ1v) is 9.82. The van der Waals surface area contributed by atoms with E-state index in [1.807, 2.05) is 0 Å². The van der Waals surface area contributed by atoms with Crippen molar-refractivity contribution in [2.24, 2.45) is 10.9 Å². The number of nitrogens with two attached hydrogens (primary N) is 1.